The van der Waals surface area contributed by atoms with E-state index in [1.54, 1.807) is 18.2 Å². The number of benzene rings is 2. The monoisotopic (exact) mass is 463 g/mol. The fraction of sp³-hybridized carbons (Fsp3) is 0.176. The van der Waals surface area contributed by atoms with Gasteiger partial charge in [0.05, 0.1) is 7.11 Å². The number of halogens is 4. The van der Waals surface area contributed by atoms with E-state index in [9.17, 15) is 22.8 Å². The fourth-order valence-electron chi connectivity index (χ4n) is 2.22. The molecule has 0 bridgehead atoms. The molecule has 2 aromatic carbocycles. The highest BCUT2D eigenvalue weighted by Gasteiger charge is 2.26. The van der Waals surface area contributed by atoms with E-state index in [-0.39, 0.29) is 6.42 Å². The van der Waals surface area contributed by atoms with Gasteiger partial charge in [0.25, 0.3) is 5.91 Å². The normalized spacial score (nSPS) is 11.7. The molecule has 25 heavy (non-hydrogen) atoms. The molecule has 0 heterocycles. The largest absolute Gasteiger partial charge is 0.467 e. The van der Waals surface area contributed by atoms with Crippen LogP contribution < -0.4 is 5.32 Å². The van der Waals surface area contributed by atoms with Crippen molar-refractivity contribution < 1.29 is 27.5 Å². The van der Waals surface area contributed by atoms with Crippen LogP contribution in [0.15, 0.2) is 36.4 Å². The van der Waals surface area contributed by atoms with Crippen LogP contribution in [0.5, 0.6) is 0 Å². The number of hydrogen-bond donors (Lipinski definition) is 1. The number of carbonyl (C=O) groups is 2. The van der Waals surface area contributed by atoms with Crippen molar-refractivity contribution in [2.75, 3.05) is 7.11 Å². The number of methoxy groups -OCH3 is 1. The number of hydrogen-bond acceptors (Lipinski definition) is 3. The van der Waals surface area contributed by atoms with Gasteiger partial charge in [-0.15, -0.1) is 0 Å². The second-order valence-corrected chi connectivity index (χ2v) is 6.37. The van der Waals surface area contributed by atoms with Crippen molar-refractivity contribution in [3.8, 4) is 0 Å². The molecular weight excluding hydrogens is 450 g/mol. The van der Waals surface area contributed by atoms with Gasteiger partial charge in [-0.1, -0.05) is 12.1 Å². The zero-order valence-corrected chi connectivity index (χ0v) is 15.1. The van der Waals surface area contributed by atoms with Crippen molar-refractivity contribution in [3.63, 3.8) is 0 Å². The van der Waals surface area contributed by atoms with Crippen LogP contribution in [0, 0.1) is 21.0 Å². The fourth-order valence-corrected chi connectivity index (χ4v) is 2.83. The lowest BCUT2D eigenvalue weighted by Crippen LogP contribution is -2.43. The first-order valence-corrected chi connectivity index (χ1v) is 8.17. The molecule has 0 aliphatic heterocycles. The van der Waals surface area contributed by atoms with Crippen LogP contribution in [0.4, 0.5) is 13.2 Å². The van der Waals surface area contributed by atoms with Gasteiger partial charge in [0, 0.05) is 22.1 Å². The first-order valence-electron chi connectivity index (χ1n) is 7.09. The van der Waals surface area contributed by atoms with Crippen molar-refractivity contribution in [3.05, 3.63) is 68.5 Å². The molecule has 0 fully saturated rings. The summed E-state index contributed by atoms with van der Waals surface area (Å²) in [7, 11) is 1.13. The lowest BCUT2D eigenvalue weighted by atomic mass is 10.1. The topological polar surface area (TPSA) is 55.4 Å². The summed E-state index contributed by atoms with van der Waals surface area (Å²) in [6.45, 7) is 0. The summed E-state index contributed by atoms with van der Waals surface area (Å²) in [4.78, 5) is 24.1. The Bertz CT molecular complexity index is 790. The molecule has 0 aliphatic rings. The lowest BCUT2D eigenvalue weighted by molar-refractivity contribution is -0.142. The van der Waals surface area contributed by atoms with Gasteiger partial charge in [-0.05, 0) is 40.3 Å². The predicted octanol–water partition coefficient (Wildman–Crippen LogP) is 3.22. The summed E-state index contributed by atoms with van der Waals surface area (Å²) in [5.74, 6) is -5.79. The molecule has 2 aromatic rings. The second-order valence-electron chi connectivity index (χ2n) is 5.13. The molecule has 4 nitrogen and oxygen atoms in total. The van der Waals surface area contributed by atoms with Crippen LogP contribution in [0.25, 0.3) is 0 Å². The third-order valence-electron chi connectivity index (χ3n) is 3.35. The smallest absolute Gasteiger partial charge is 0.328 e. The SMILES string of the molecule is COC(=O)[C@H](Cc1cccc(I)c1)NC(=O)c1c(F)cc(F)cc1F. The summed E-state index contributed by atoms with van der Waals surface area (Å²) in [6, 6.07) is 6.78. The van der Waals surface area contributed by atoms with E-state index in [1.807, 2.05) is 6.07 Å². The Morgan fingerprint density at radius 1 is 1.16 bits per heavy atom. The average Bonchev–Trinajstić information content (AvgIpc) is 2.52. The van der Waals surface area contributed by atoms with Crippen molar-refractivity contribution >= 4 is 34.5 Å². The highest BCUT2D eigenvalue weighted by atomic mass is 127. The van der Waals surface area contributed by atoms with Crippen molar-refractivity contribution in [1.29, 1.82) is 0 Å². The minimum atomic E-state index is -1.35. The van der Waals surface area contributed by atoms with Gasteiger partial charge in [-0.3, -0.25) is 4.79 Å². The number of nitrogens with one attached hydrogen (secondary N) is 1. The molecule has 0 radical (unpaired) electrons. The van der Waals surface area contributed by atoms with Crippen molar-refractivity contribution in [2.45, 2.75) is 12.5 Å². The van der Waals surface area contributed by atoms with Gasteiger partial charge in [-0.2, -0.15) is 0 Å². The zero-order valence-electron chi connectivity index (χ0n) is 13.0. The zero-order chi connectivity index (χ0) is 18.6. The van der Waals surface area contributed by atoms with Gasteiger partial charge in [0.1, 0.15) is 29.1 Å². The number of rotatable bonds is 5. The molecule has 8 heteroatoms. The van der Waals surface area contributed by atoms with Gasteiger partial charge in [-0.25, -0.2) is 18.0 Å². The Balaban J connectivity index is 2.25. The molecule has 2 rings (SSSR count). The minimum Gasteiger partial charge on any atom is -0.467 e. The quantitative estimate of drug-likeness (QED) is 0.548. The van der Waals surface area contributed by atoms with E-state index in [4.69, 9.17) is 0 Å². The van der Waals surface area contributed by atoms with E-state index < -0.39 is 40.9 Å². The third-order valence-corrected chi connectivity index (χ3v) is 4.02. The van der Waals surface area contributed by atoms with Crippen LogP contribution in [0.1, 0.15) is 15.9 Å². The third kappa shape index (κ3) is 4.94. The molecule has 0 aliphatic carbocycles. The van der Waals surface area contributed by atoms with Crippen molar-refractivity contribution in [1.82, 2.24) is 5.32 Å². The van der Waals surface area contributed by atoms with E-state index >= 15 is 0 Å². The van der Waals surface area contributed by atoms with Crippen LogP contribution in [-0.2, 0) is 16.0 Å². The highest BCUT2D eigenvalue weighted by molar-refractivity contribution is 14.1. The summed E-state index contributed by atoms with van der Waals surface area (Å²) < 4.78 is 45.9. The van der Waals surface area contributed by atoms with Gasteiger partial charge in [0.15, 0.2) is 0 Å². The summed E-state index contributed by atoms with van der Waals surface area (Å²) >= 11 is 2.09. The number of esters is 1. The maximum Gasteiger partial charge on any atom is 0.328 e. The Labute approximate surface area is 155 Å². The van der Waals surface area contributed by atoms with E-state index in [0.717, 1.165) is 16.2 Å². The summed E-state index contributed by atoms with van der Waals surface area (Å²) in [6.07, 6.45) is 0.0691. The Morgan fingerprint density at radius 3 is 2.36 bits per heavy atom. The van der Waals surface area contributed by atoms with Crippen molar-refractivity contribution in [2.24, 2.45) is 0 Å². The maximum atomic E-state index is 13.7. The summed E-state index contributed by atoms with van der Waals surface area (Å²) in [5, 5.41) is 2.23. The van der Waals surface area contributed by atoms with Gasteiger partial charge in [0.2, 0.25) is 0 Å². The van der Waals surface area contributed by atoms with Crippen LogP contribution in [0.2, 0.25) is 0 Å². The molecule has 1 amide bonds. The van der Waals surface area contributed by atoms with E-state index in [0.29, 0.717) is 12.1 Å². The molecule has 1 N–H and O–H groups in total. The van der Waals surface area contributed by atoms with Gasteiger partial charge < -0.3 is 10.1 Å². The molecule has 0 saturated carbocycles. The molecule has 0 saturated heterocycles. The highest BCUT2D eigenvalue weighted by Crippen LogP contribution is 2.16. The van der Waals surface area contributed by atoms with E-state index in [1.165, 1.54) is 0 Å². The standard InChI is InChI=1S/C17H13F3INO3/c1-25-17(24)14(6-9-3-2-4-11(21)5-9)22-16(23)15-12(19)7-10(18)8-13(15)20/h2-5,7-8,14H,6H2,1H3,(H,22,23)/t14-/m0/s1. The minimum absolute atomic E-state index is 0.0691. The van der Waals surface area contributed by atoms with Crippen LogP contribution >= 0.6 is 22.6 Å². The molecule has 1 atom stereocenters. The lowest BCUT2D eigenvalue weighted by Gasteiger charge is -2.17. The average molecular weight is 463 g/mol. The first-order chi connectivity index (χ1) is 11.8. The molecular formula is C17H13F3INO3. The summed E-state index contributed by atoms with van der Waals surface area (Å²) in [5.41, 5.74) is -0.236. The second kappa shape index (κ2) is 8.32. The Hall–Kier alpha value is -2.10. The molecule has 0 spiro atoms. The number of carbonyl (C=O) groups excluding carboxylic acids is 2. The maximum absolute atomic E-state index is 13.7. The number of ether oxygens (including phenoxy) is 1. The molecule has 132 valence electrons. The Kier molecular flexibility index (Phi) is 6.40. The van der Waals surface area contributed by atoms with Crippen LogP contribution in [0.3, 0.4) is 0 Å². The first kappa shape index (κ1) is 19.2. The molecule has 0 unspecified atom stereocenters. The van der Waals surface area contributed by atoms with E-state index in [2.05, 4.69) is 32.6 Å². The van der Waals surface area contributed by atoms with Gasteiger partial charge >= 0.3 is 5.97 Å². The number of amides is 1. The Morgan fingerprint density at radius 2 is 1.80 bits per heavy atom. The molecule has 0 aromatic heterocycles. The predicted molar refractivity (Wildman–Crippen MR) is 92.4 cm³/mol. The van der Waals surface area contributed by atoms with Crippen LogP contribution in [-0.4, -0.2) is 25.0 Å².